The Bertz CT molecular complexity index is 663. The molecule has 5 nitrogen and oxygen atoms in total. The van der Waals surface area contributed by atoms with Crippen molar-refractivity contribution in [3.05, 3.63) is 47.4 Å². The van der Waals surface area contributed by atoms with E-state index in [-0.39, 0.29) is 5.91 Å². The highest BCUT2D eigenvalue weighted by Gasteiger charge is 2.28. The lowest BCUT2D eigenvalue weighted by Gasteiger charge is -2.18. The van der Waals surface area contributed by atoms with E-state index in [2.05, 4.69) is 5.32 Å². The number of furan rings is 1. The van der Waals surface area contributed by atoms with Gasteiger partial charge in [-0.05, 0) is 31.2 Å². The van der Waals surface area contributed by atoms with E-state index in [0.29, 0.717) is 17.8 Å². The fraction of sp³-hybridized carbons (Fsp3) is 0.267. The first-order valence-corrected chi connectivity index (χ1v) is 6.44. The molecule has 0 saturated heterocycles. The molecule has 2 N–H and O–H groups in total. The second-order valence-electron chi connectivity index (χ2n) is 5.03. The third-order valence-electron chi connectivity index (χ3n) is 3.47. The van der Waals surface area contributed by atoms with Crippen LogP contribution in [0.5, 0.6) is 0 Å². The molecule has 0 bridgehead atoms. The maximum Gasteiger partial charge on any atom is 0.257 e. The standard InChI is InChI=1S/C15H16N2O3/c1-9-3-5-11(20-9)8-17(2)10-4-6-12-13(7-10)16-15(19)14(12)18/h3-7,14,18H,8H2,1-2H3,(H,16,19). The number of carbonyl (C=O) groups is 1. The van der Waals surface area contributed by atoms with Crippen LogP contribution in [0.25, 0.3) is 0 Å². The summed E-state index contributed by atoms with van der Waals surface area (Å²) in [6.07, 6.45) is -1.06. The second kappa shape index (κ2) is 4.68. The van der Waals surface area contributed by atoms with Crippen molar-refractivity contribution in [1.82, 2.24) is 0 Å². The van der Waals surface area contributed by atoms with Gasteiger partial charge in [0, 0.05) is 24.0 Å². The second-order valence-corrected chi connectivity index (χ2v) is 5.03. The maximum atomic E-state index is 11.4. The van der Waals surface area contributed by atoms with Gasteiger partial charge in [0.2, 0.25) is 0 Å². The van der Waals surface area contributed by atoms with Crippen LogP contribution in [0, 0.1) is 6.92 Å². The highest BCUT2D eigenvalue weighted by atomic mass is 16.3. The Morgan fingerprint density at radius 1 is 1.35 bits per heavy atom. The number of carbonyl (C=O) groups excluding carboxylic acids is 1. The summed E-state index contributed by atoms with van der Waals surface area (Å²) < 4.78 is 5.55. The van der Waals surface area contributed by atoms with Crippen molar-refractivity contribution in [2.24, 2.45) is 0 Å². The Kier molecular flexibility index (Phi) is 2.99. The van der Waals surface area contributed by atoms with Crippen LogP contribution in [-0.2, 0) is 11.3 Å². The van der Waals surface area contributed by atoms with E-state index in [9.17, 15) is 9.90 Å². The van der Waals surface area contributed by atoms with Gasteiger partial charge in [-0.15, -0.1) is 0 Å². The summed E-state index contributed by atoms with van der Waals surface area (Å²) in [5.41, 5.74) is 2.25. The molecule has 0 radical (unpaired) electrons. The maximum absolute atomic E-state index is 11.4. The Morgan fingerprint density at radius 3 is 2.85 bits per heavy atom. The van der Waals surface area contributed by atoms with E-state index in [1.54, 1.807) is 6.07 Å². The van der Waals surface area contributed by atoms with Crippen LogP contribution in [0.4, 0.5) is 11.4 Å². The van der Waals surface area contributed by atoms with Gasteiger partial charge in [0.1, 0.15) is 11.5 Å². The predicted octanol–water partition coefficient (Wildman–Crippen LogP) is 2.21. The van der Waals surface area contributed by atoms with Crippen LogP contribution < -0.4 is 10.2 Å². The van der Waals surface area contributed by atoms with Gasteiger partial charge >= 0.3 is 0 Å². The van der Waals surface area contributed by atoms with Gasteiger partial charge in [-0.1, -0.05) is 6.07 Å². The molecule has 1 unspecified atom stereocenters. The summed E-state index contributed by atoms with van der Waals surface area (Å²) in [6, 6.07) is 9.40. The van der Waals surface area contributed by atoms with Crippen LogP contribution in [-0.4, -0.2) is 18.1 Å². The molecule has 2 aromatic rings. The van der Waals surface area contributed by atoms with Crippen molar-refractivity contribution in [3.63, 3.8) is 0 Å². The minimum Gasteiger partial charge on any atom is -0.464 e. The number of aryl methyl sites for hydroxylation is 1. The number of amides is 1. The van der Waals surface area contributed by atoms with Gasteiger partial charge < -0.3 is 19.7 Å². The highest BCUT2D eigenvalue weighted by Crippen LogP contribution is 2.33. The zero-order valence-electron chi connectivity index (χ0n) is 11.4. The topological polar surface area (TPSA) is 65.7 Å². The molecule has 0 aliphatic carbocycles. The van der Waals surface area contributed by atoms with Crippen molar-refractivity contribution in [2.45, 2.75) is 19.6 Å². The number of hydrogen-bond acceptors (Lipinski definition) is 4. The number of aliphatic hydroxyl groups is 1. The lowest BCUT2D eigenvalue weighted by Crippen LogP contribution is -2.16. The molecular weight excluding hydrogens is 256 g/mol. The first-order chi connectivity index (χ1) is 9.54. The summed E-state index contributed by atoms with van der Waals surface area (Å²) in [5, 5.41) is 12.3. The molecule has 1 aromatic carbocycles. The van der Waals surface area contributed by atoms with E-state index in [0.717, 1.165) is 17.2 Å². The number of rotatable bonds is 3. The quantitative estimate of drug-likeness (QED) is 0.899. The Morgan fingerprint density at radius 2 is 2.15 bits per heavy atom. The number of hydrogen-bond donors (Lipinski definition) is 2. The predicted molar refractivity (Wildman–Crippen MR) is 75.6 cm³/mol. The largest absolute Gasteiger partial charge is 0.464 e. The lowest BCUT2D eigenvalue weighted by atomic mass is 10.1. The molecule has 104 valence electrons. The fourth-order valence-corrected chi connectivity index (χ4v) is 2.37. The molecule has 5 heteroatoms. The van der Waals surface area contributed by atoms with Gasteiger partial charge in [0.05, 0.1) is 6.54 Å². The number of aliphatic hydroxyl groups excluding tert-OH is 1. The first kappa shape index (κ1) is 12.7. The number of anilines is 2. The van der Waals surface area contributed by atoms with Crippen LogP contribution in [0.3, 0.4) is 0 Å². The summed E-state index contributed by atoms with van der Waals surface area (Å²) in [4.78, 5) is 13.4. The number of nitrogens with one attached hydrogen (secondary N) is 1. The summed E-state index contributed by atoms with van der Waals surface area (Å²) in [6.45, 7) is 2.55. The van der Waals surface area contributed by atoms with Gasteiger partial charge in [-0.3, -0.25) is 4.79 Å². The minimum absolute atomic E-state index is 0.374. The van der Waals surface area contributed by atoms with Gasteiger partial charge in [-0.2, -0.15) is 0 Å². The summed E-state index contributed by atoms with van der Waals surface area (Å²) in [7, 11) is 1.95. The molecule has 1 aromatic heterocycles. The number of fused-ring (bicyclic) bond motifs is 1. The van der Waals surface area contributed by atoms with Crippen molar-refractivity contribution in [1.29, 1.82) is 0 Å². The molecule has 20 heavy (non-hydrogen) atoms. The lowest BCUT2D eigenvalue weighted by molar-refractivity contribution is -0.123. The molecule has 0 spiro atoms. The third-order valence-corrected chi connectivity index (χ3v) is 3.47. The van der Waals surface area contributed by atoms with Crippen molar-refractivity contribution in [3.8, 4) is 0 Å². The number of nitrogens with zero attached hydrogens (tertiary/aromatic N) is 1. The molecule has 1 atom stereocenters. The minimum atomic E-state index is -1.06. The molecule has 1 aliphatic rings. The van der Waals surface area contributed by atoms with Crippen LogP contribution in [0.2, 0.25) is 0 Å². The van der Waals surface area contributed by atoms with Gasteiger partial charge in [0.15, 0.2) is 6.10 Å². The van der Waals surface area contributed by atoms with Crippen molar-refractivity contribution < 1.29 is 14.3 Å². The van der Waals surface area contributed by atoms with Gasteiger partial charge in [0.25, 0.3) is 5.91 Å². The molecule has 1 amide bonds. The number of benzene rings is 1. The Labute approximate surface area is 116 Å². The van der Waals surface area contributed by atoms with Crippen LogP contribution in [0.1, 0.15) is 23.2 Å². The average Bonchev–Trinajstić information content (AvgIpc) is 2.94. The van der Waals surface area contributed by atoms with E-state index >= 15 is 0 Å². The third kappa shape index (κ3) is 2.16. The normalized spacial score (nSPS) is 16.9. The van der Waals surface area contributed by atoms with Crippen LogP contribution >= 0.6 is 0 Å². The SMILES string of the molecule is Cc1ccc(CN(C)c2ccc3c(c2)NC(=O)C3O)o1. The molecule has 3 rings (SSSR count). The van der Waals surface area contributed by atoms with Crippen LogP contribution in [0.15, 0.2) is 34.7 Å². The zero-order chi connectivity index (χ0) is 14.3. The molecular formula is C15H16N2O3. The van der Waals surface area contributed by atoms with E-state index < -0.39 is 6.10 Å². The summed E-state index contributed by atoms with van der Waals surface area (Å²) >= 11 is 0. The Balaban J connectivity index is 1.81. The fourth-order valence-electron chi connectivity index (χ4n) is 2.37. The molecule has 2 heterocycles. The zero-order valence-corrected chi connectivity index (χ0v) is 11.4. The van der Waals surface area contributed by atoms with E-state index in [1.165, 1.54) is 0 Å². The highest BCUT2D eigenvalue weighted by molar-refractivity contribution is 6.02. The molecule has 0 fully saturated rings. The molecule has 1 aliphatic heterocycles. The van der Waals surface area contributed by atoms with E-state index in [4.69, 9.17) is 4.42 Å². The molecule has 0 saturated carbocycles. The van der Waals surface area contributed by atoms with Gasteiger partial charge in [-0.25, -0.2) is 0 Å². The van der Waals surface area contributed by atoms with Crippen molar-refractivity contribution in [2.75, 3.05) is 17.3 Å². The first-order valence-electron chi connectivity index (χ1n) is 6.44. The monoisotopic (exact) mass is 272 g/mol. The Hall–Kier alpha value is -2.27. The average molecular weight is 272 g/mol. The summed E-state index contributed by atoms with van der Waals surface area (Å²) in [5.74, 6) is 1.40. The van der Waals surface area contributed by atoms with E-state index in [1.807, 2.05) is 43.1 Å². The van der Waals surface area contributed by atoms with Crippen molar-refractivity contribution >= 4 is 17.3 Å². The smallest absolute Gasteiger partial charge is 0.257 e.